The Kier molecular flexibility index (Phi) is 8.63. The van der Waals surface area contributed by atoms with Crippen LogP contribution in [0.1, 0.15) is 75.7 Å². The van der Waals surface area contributed by atoms with Gasteiger partial charge in [0.25, 0.3) is 0 Å². The molecule has 0 spiro atoms. The maximum Gasteiger partial charge on any atom is 0.573 e. The highest BCUT2D eigenvalue weighted by Crippen LogP contribution is 2.44. The zero-order valence-corrected chi connectivity index (χ0v) is 18.0. The SMILES string of the molecule is N#CC=CC=CCC[C@H]1CC[C@H]([C@H]2CC[C@H](c3ccc(OC(F)(F)F)cc3)CC2)CC1. The van der Waals surface area contributed by atoms with Crippen LogP contribution in [-0.4, -0.2) is 6.36 Å². The average molecular weight is 432 g/mol. The van der Waals surface area contributed by atoms with E-state index >= 15 is 0 Å². The first-order valence-electron chi connectivity index (χ1n) is 11.5. The van der Waals surface area contributed by atoms with Gasteiger partial charge in [0.05, 0.1) is 6.07 Å². The van der Waals surface area contributed by atoms with E-state index in [2.05, 4.69) is 10.8 Å². The number of halogens is 3. The van der Waals surface area contributed by atoms with Crippen LogP contribution in [0.5, 0.6) is 5.75 Å². The third kappa shape index (κ3) is 7.76. The first-order chi connectivity index (χ1) is 14.9. The van der Waals surface area contributed by atoms with Crippen molar-refractivity contribution in [1.82, 2.24) is 0 Å². The number of nitriles is 1. The summed E-state index contributed by atoms with van der Waals surface area (Å²) in [7, 11) is 0. The van der Waals surface area contributed by atoms with Crippen LogP contribution < -0.4 is 4.74 Å². The van der Waals surface area contributed by atoms with Crippen LogP contribution in [0.3, 0.4) is 0 Å². The average Bonchev–Trinajstić information content (AvgIpc) is 2.76. The fourth-order valence-electron chi connectivity index (χ4n) is 5.42. The normalized spacial score (nSPS) is 27.4. The Morgan fingerprint density at radius 3 is 2.10 bits per heavy atom. The van der Waals surface area contributed by atoms with Gasteiger partial charge in [-0.25, -0.2) is 0 Å². The first kappa shape index (κ1) is 23.4. The van der Waals surface area contributed by atoms with E-state index in [9.17, 15) is 13.2 Å². The molecule has 0 N–H and O–H groups in total. The Hall–Kier alpha value is -2.22. The molecule has 168 valence electrons. The van der Waals surface area contributed by atoms with Crippen LogP contribution in [0.4, 0.5) is 13.2 Å². The number of hydrogen-bond donors (Lipinski definition) is 0. The molecular weight excluding hydrogens is 399 g/mol. The van der Waals surface area contributed by atoms with Crippen LogP contribution in [0.25, 0.3) is 0 Å². The van der Waals surface area contributed by atoms with E-state index in [-0.39, 0.29) is 5.75 Å². The Bertz CT molecular complexity index is 759. The number of ether oxygens (including phenoxy) is 1. The summed E-state index contributed by atoms with van der Waals surface area (Å²) >= 11 is 0. The van der Waals surface area contributed by atoms with Gasteiger partial charge in [0.2, 0.25) is 0 Å². The molecule has 2 nitrogen and oxygen atoms in total. The van der Waals surface area contributed by atoms with Gasteiger partial charge in [-0.05, 0) is 92.7 Å². The summed E-state index contributed by atoms with van der Waals surface area (Å²) in [5, 5.41) is 8.47. The van der Waals surface area contributed by atoms with Crippen LogP contribution >= 0.6 is 0 Å². The Morgan fingerprint density at radius 1 is 0.903 bits per heavy atom. The molecule has 31 heavy (non-hydrogen) atoms. The lowest BCUT2D eigenvalue weighted by molar-refractivity contribution is -0.274. The minimum Gasteiger partial charge on any atom is -0.406 e. The molecule has 2 fully saturated rings. The maximum absolute atomic E-state index is 12.3. The topological polar surface area (TPSA) is 33.0 Å². The molecule has 0 atom stereocenters. The third-order valence-corrected chi connectivity index (χ3v) is 7.07. The molecule has 5 heteroatoms. The van der Waals surface area contributed by atoms with Crippen molar-refractivity contribution < 1.29 is 17.9 Å². The van der Waals surface area contributed by atoms with Crippen LogP contribution in [0.15, 0.2) is 48.6 Å². The molecule has 0 saturated heterocycles. The molecule has 0 aromatic heterocycles. The molecule has 0 aliphatic heterocycles. The predicted octanol–water partition coefficient (Wildman–Crippen LogP) is 8.08. The van der Waals surface area contributed by atoms with Crippen LogP contribution in [0.2, 0.25) is 0 Å². The zero-order valence-electron chi connectivity index (χ0n) is 18.0. The Morgan fingerprint density at radius 2 is 1.52 bits per heavy atom. The van der Waals surface area contributed by atoms with Gasteiger partial charge in [-0.1, -0.05) is 43.2 Å². The van der Waals surface area contributed by atoms with Crippen molar-refractivity contribution in [2.75, 3.05) is 0 Å². The van der Waals surface area contributed by atoms with Crippen molar-refractivity contribution in [2.45, 2.75) is 76.5 Å². The van der Waals surface area contributed by atoms with E-state index in [4.69, 9.17) is 5.26 Å². The Labute approximate surface area is 183 Å². The lowest BCUT2D eigenvalue weighted by atomic mass is 9.68. The highest BCUT2D eigenvalue weighted by Gasteiger charge is 2.32. The molecule has 1 aromatic carbocycles. The van der Waals surface area contributed by atoms with Crippen molar-refractivity contribution in [3.8, 4) is 11.8 Å². The number of hydrogen-bond acceptors (Lipinski definition) is 2. The summed E-state index contributed by atoms with van der Waals surface area (Å²) in [5.41, 5.74) is 1.13. The molecule has 0 bridgehead atoms. The van der Waals surface area contributed by atoms with E-state index < -0.39 is 6.36 Å². The molecule has 1 aromatic rings. The molecule has 2 aliphatic carbocycles. The summed E-state index contributed by atoms with van der Waals surface area (Å²) in [6, 6.07) is 8.45. The molecule has 0 radical (unpaired) electrons. The maximum atomic E-state index is 12.3. The van der Waals surface area contributed by atoms with Crippen LogP contribution in [0, 0.1) is 29.1 Å². The number of benzene rings is 1. The van der Waals surface area contributed by atoms with Gasteiger partial charge in [-0.15, -0.1) is 13.2 Å². The summed E-state index contributed by atoms with van der Waals surface area (Å²) < 4.78 is 40.9. The molecule has 0 amide bonds. The van der Waals surface area contributed by atoms with Crippen molar-refractivity contribution in [3.63, 3.8) is 0 Å². The molecule has 2 aliphatic rings. The summed E-state index contributed by atoms with van der Waals surface area (Å²) in [5.74, 6) is 2.79. The van der Waals surface area contributed by atoms with Gasteiger partial charge in [0.1, 0.15) is 5.75 Å². The lowest BCUT2D eigenvalue weighted by Crippen LogP contribution is -2.25. The minimum atomic E-state index is -4.63. The standard InChI is InChI=1S/C26H32F3NO/c27-26(28,29)31-25-17-15-24(16-18-25)23-13-11-22(12-14-23)21-9-7-20(8-10-21)6-4-2-1-3-5-19-30/h1-3,5,15-18,20-23H,4,6-14H2/t20-,21-,22-,23-. The second-order valence-electron chi connectivity index (χ2n) is 9.00. The quantitative estimate of drug-likeness (QED) is 0.323. The summed E-state index contributed by atoms with van der Waals surface area (Å²) in [4.78, 5) is 0. The molecule has 0 unspecified atom stereocenters. The van der Waals surface area contributed by atoms with E-state index in [0.717, 1.165) is 42.6 Å². The monoisotopic (exact) mass is 431 g/mol. The van der Waals surface area contributed by atoms with Gasteiger partial charge in [0.15, 0.2) is 0 Å². The van der Waals surface area contributed by atoms with E-state index in [0.29, 0.717) is 5.92 Å². The number of alkyl halides is 3. The van der Waals surface area contributed by atoms with Gasteiger partial charge in [-0.2, -0.15) is 5.26 Å². The fourth-order valence-corrected chi connectivity index (χ4v) is 5.42. The molecule has 3 rings (SSSR count). The van der Waals surface area contributed by atoms with Crippen molar-refractivity contribution in [2.24, 2.45) is 17.8 Å². The van der Waals surface area contributed by atoms with Gasteiger partial charge < -0.3 is 4.74 Å². The summed E-state index contributed by atoms with van der Waals surface area (Å²) in [6.45, 7) is 0. The zero-order chi connectivity index (χ0) is 22.1. The number of allylic oxidation sites excluding steroid dienone is 4. The number of nitrogens with zero attached hydrogens (tertiary/aromatic N) is 1. The van der Waals surface area contributed by atoms with Gasteiger partial charge in [0, 0.05) is 6.08 Å². The first-order valence-corrected chi connectivity index (χ1v) is 11.5. The predicted molar refractivity (Wildman–Crippen MR) is 116 cm³/mol. The highest BCUT2D eigenvalue weighted by molar-refractivity contribution is 5.30. The van der Waals surface area contributed by atoms with Gasteiger partial charge in [-0.3, -0.25) is 0 Å². The molecule has 2 saturated carbocycles. The number of rotatable bonds is 7. The van der Waals surface area contributed by atoms with E-state index in [1.165, 1.54) is 63.2 Å². The smallest absolute Gasteiger partial charge is 0.406 e. The molecule has 0 heterocycles. The van der Waals surface area contributed by atoms with E-state index in [1.807, 2.05) is 12.1 Å². The van der Waals surface area contributed by atoms with Crippen LogP contribution in [-0.2, 0) is 0 Å². The largest absolute Gasteiger partial charge is 0.573 e. The van der Waals surface area contributed by atoms with Gasteiger partial charge >= 0.3 is 6.36 Å². The lowest BCUT2D eigenvalue weighted by Gasteiger charge is -2.38. The van der Waals surface area contributed by atoms with Crippen molar-refractivity contribution in [3.05, 3.63) is 54.1 Å². The van der Waals surface area contributed by atoms with Crippen molar-refractivity contribution in [1.29, 1.82) is 5.26 Å². The second-order valence-corrected chi connectivity index (χ2v) is 9.00. The summed E-state index contributed by atoms with van der Waals surface area (Å²) in [6.07, 6.45) is 15.1. The highest BCUT2D eigenvalue weighted by atomic mass is 19.4. The van der Waals surface area contributed by atoms with E-state index in [1.54, 1.807) is 18.2 Å². The second kappa shape index (κ2) is 11.4. The third-order valence-electron chi connectivity index (χ3n) is 7.07. The Balaban J connectivity index is 1.37. The fraction of sp³-hybridized carbons (Fsp3) is 0.577. The minimum absolute atomic E-state index is 0.143. The van der Waals surface area contributed by atoms with Crippen molar-refractivity contribution >= 4 is 0 Å². The molecular formula is C26H32F3NO.